The molecule has 0 amide bonds. The highest BCUT2D eigenvalue weighted by Crippen LogP contribution is 2.39. The Morgan fingerprint density at radius 3 is 2.76 bits per heavy atom. The first kappa shape index (κ1) is 12.5. The van der Waals surface area contributed by atoms with Crippen molar-refractivity contribution in [3.63, 3.8) is 0 Å². The van der Waals surface area contributed by atoms with Crippen LogP contribution >= 0.6 is 0 Å². The van der Waals surface area contributed by atoms with Gasteiger partial charge >= 0.3 is 0 Å². The van der Waals surface area contributed by atoms with E-state index in [2.05, 4.69) is 0 Å². The lowest BCUT2D eigenvalue weighted by atomic mass is 9.77. The van der Waals surface area contributed by atoms with Gasteiger partial charge in [0.05, 0.1) is 6.10 Å². The quantitative estimate of drug-likeness (QED) is 0.858. The van der Waals surface area contributed by atoms with E-state index in [0.29, 0.717) is 12.0 Å². The topological polar surface area (TPSA) is 29.5 Å². The molecular weight excluding hydrogens is 219 g/mol. The van der Waals surface area contributed by atoms with E-state index >= 15 is 0 Å². The number of methoxy groups -OCH3 is 1. The summed E-state index contributed by atoms with van der Waals surface area (Å²) in [4.78, 5) is 0. The highest BCUT2D eigenvalue weighted by molar-refractivity contribution is 5.30. The number of rotatable bonds is 2. The first-order valence-electron chi connectivity index (χ1n) is 6.09. The van der Waals surface area contributed by atoms with Crippen molar-refractivity contribution >= 4 is 0 Å². The van der Waals surface area contributed by atoms with Crippen LogP contribution in [0.4, 0.5) is 4.39 Å². The summed E-state index contributed by atoms with van der Waals surface area (Å²) in [5, 5.41) is 10.8. The molecule has 1 N–H and O–H groups in total. The number of halogens is 1. The molecule has 1 saturated carbocycles. The fourth-order valence-corrected chi connectivity index (χ4v) is 2.75. The maximum Gasteiger partial charge on any atom is 0.123 e. The molecule has 2 atom stereocenters. The van der Waals surface area contributed by atoms with Crippen LogP contribution in [-0.4, -0.2) is 18.3 Å². The monoisotopic (exact) mass is 238 g/mol. The third-order valence-electron chi connectivity index (χ3n) is 3.63. The number of aliphatic hydroxyl groups is 1. The Balaban J connectivity index is 2.40. The maximum atomic E-state index is 13.4. The van der Waals surface area contributed by atoms with Crippen molar-refractivity contribution in [2.24, 2.45) is 0 Å². The summed E-state index contributed by atoms with van der Waals surface area (Å²) in [7, 11) is 1.60. The van der Waals surface area contributed by atoms with Crippen molar-refractivity contribution in [3.05, 3.63) is 35.1 Å². The van der Waals surface area contributed by atoms with E-state index in [1.165, 1.54) is 12.1 Å². The van der Waals surface area contributed by atoms with Crippen LogP contribution in [0.25, 0.3) is 0 Å². The van der Waals surface area contributed by atoms with E-state index in [4.69, 9.17) is 4.74 Å². The van der Waals surface area contributed by atoms with E-state index in [1.807, 2.05) is 13.0 Å². The third kappa shape index (κ3) is 2.35. The molecule has 17 heavy (non-hydrogen) atoms. The van der Waals surface area contributed by atoms with Crippen LogP contribution in [-0.2, 0) is 10.3 Å². The minimum atomic E-state index is -1.04. The van der Waals surface area contributed by atoms with Gasteiger partial charge in [0.1, 0.15) is 11.4 Å². The largest absolute Gasteiger partial charge is 0.382 e. The molecule has 0 spiro atoms. The first-order chi connectivity index (χ1) is 8.06. The second-order valence-corrected chi connectivity index (χ2v) is 4.91. The molecule has 1 aliphatic rings. The summed E-state index contributed by atoms with van der Waals surface area (Å²) in [5.41, 5.74) is 0.426. The molecular formula is C14H19FO2. The zero-order chi connectivity index (χ0) is 12.5. The van der Waals surface area contributed by atoms with Crippen molar-refractivity contribution in [1.29, 1.82) is 0 Å². The second kappa shape index (κ2) is 4.75. The molecule has 0 bridgehead atoms. The fraction of sp³-hybridized carbons (Fsp3) is 0.571. The standard InChI is InChI=1S/C14H19FO2/c1-10-7-11(9-12(15)8-10)14(16)6-4-3-5-13(14)17-2/h7-9,13,16H,3-6H2,1-2H3. The Morgan fingerprint density at radius 2 is 2.12 bits per heavy atom. The van der Waals surface area contributed by atoms with Gasteiger partial charge in [0.15, 0.2) is 0 Å². The predicted molar refractivity (Wildman–Crippen MR) is 64.3 cm³/mol. The zero-order valence-corrected chi connectivity index (χ0v) is 10.4. The fourth-order valence-electron chi connectivity index (χ4n) is 2.75. The average Bonchev–Trinajstić information content (AvgIpc) is 2.28. The van der Waals surface area contributed by atoms with Gasteiger partial charge in [-0.15, -0.1) is 0 Å². The van der Waals surface area contributed by atoms with Crippen LogP contribution in [0, 0.1) is 12.7 Å². The summed E-state index contributed by atoms with van der Waals surface area (Å²) in [6.45, 7) is 1.83. The highest BCUT2D eigenvalue weighted by atomic mass is 19.1. The molecule has 2 nitrogen and oxygen atoms in total. The normalized spacial score (nSPS) is 29.3. The van der Waals surface area contributed by atoms with Crippen LogP contribution in [0.1, 0.15) is 36.8 Å². The lowest BCUT2D eigenvalue weighted by Gasteiger charge is -2.39. The van der Waals surface area contributed by atoms with E-state index in [1.54, 1.807) is 7.11 Å². The smallest absolute Gasteiger partial charge is 0.123 e. The number of ether oxygens (including phenoxy) is 1. The molecule has 0 radical (unpaired) electrons. The minimum absolute atomic E-state index is 0.238. The zero-order valence-electron chi connectivity index (χ0n) is 10.4. The summed E-state index contributed by atoms with van der Waals surface area (Å²) in [6.07, 6.45) is 3.22. The summed E-state index contributed by atoms with van der Waals surface area (Å²) >= 11 is 0. The van der Waals surface area contributed by atoms with Gasteiger partial charge in [-0.1, -0.05) is 18.9 Å². The van der Waals surface area contributed by atoms with E-state index in [0.717, 1.165) is 24.8 Å². The highest BCUT2D eigenvalue weighted by Gasteiger charge is 2.41. The van der Waals surface area contributed by atoms with Gasteiger partial charge < -0.3 is 9.84 Å². The molecule has 3 heteroatoms. The Kier molecular flexibility index (Phi) is 3.50. The number of hydrogen-bond donors (Lipinski definition) is 1. The van der Waals surface area contributed by atoms with Crippen molar-refractivity contribution in [2.75, 3.05) is 7.11 Å². The molecule has 0 aromatic heterocycles. The van der Waals surface area contributed by atoms with Crippen LogP contribution in [0.2, 0.25) is 0 Å². The molecule has 1 aromatic rings. The van der Waals surface area contributed by atoms with Gasteiger partial charge in [-0.2, -0.15) is 0 Å². The van der Waals surface area contributed by atoms with Crippen molar-refractivity contribution in [3.8, 4) is 0 Å². The van der Waals surface area contributed by atoms with E-state index in [-0.39, 0.29) is 11.9 Å². The van der Waals surface area contributed by atoms with E-state index < -0.39 is 5.60 Å². The molecule has 0 saturated heterocycles. The number of benzene rings is 1. The Hall–Kier alpha value is -0.930. The third-order valence-corrected chi connectivity index (χ3v) is 3.63. The number of hydrogen-bond acceptors (Lipinski definition) is 2. The van der Waals surface area contributed by atoms with Gasteiger partial charge in [0.25, 0.3) is 0 Å². The van der Waals surface area contributed by atoms with Crippen molar-refractivity contribution in [1.82, 2.24) is 0 Å². The summed E-state index contributed by atoms with van der Waals surface area (Å²) in [6, 6.07) is 4.74. The van der Waals surface area contributed by atoms with Gasteiger partial charge in [0.2, 0.25) is 0 Å². The summed E-state index contributed by atoms with van der Waals surface area (Å²) in [5.74, 6) is -0.297. The first-order valence-corrected chi connectivity index (χ1v) is 6.09. The van der Waals surface area contributed by atoms with Crippen molar-refractivity contribution in [2.45, 2.75) is 44.3 Å². The maximum absolute atomic E-state index is 13.4. The number of aryl methyl sites for hydroxylation is 1. The van der Waals surface area contributed by atoms with Crippen molar-refractivity contribution < 1.29 is 14.2 Å². The molecule has 0 heterocycles. The average molecular weight is 238 g/mol. The molecule has 1 fully saturated rings. The molecule has 1 aromatic carbocycles. The molecule has 2 rings (SSSR count). The van der Waals surface area contributed by atoms with Gasteiger partial charge in [-0.05, 0) is 43.0 Å². The lowest BCUT2D eigenvalue weighted by Crippen LogP contribution is -2.43. The minimum Gasteiger partial charge on any atom is -0.382 e. The van der Waals surface area contributed by atoms with Crippen LogP contribution in [0.5, 0.6) is 0 Å². The van der Waals surface area contributed by atoms with Gasteiger partial charge in [0, 0.05) is 7.11 Å². The molecule has 2 unspecified atom stereocenters. The van der Waals surface area contributed by atoms with Gasteiger partial charge in [-0.25, -0.2) is 4.39 Å². The van der Waals surface area contributed by atoms with Crippen LogP contribution in [0.3, 0.4) is 0 Å². The SMILES string of the molecule is COC1CCCCC1(O)c1cc(C)cc(F)c1. The Morgan fingerprint density at radius 1 is 1.35 bits per heavy atom. The van der Waals surface area contributed by atoms with Crippen LogP contribution in [0.15, 0.2) is 18.2 Å². The predicted octanol–water partition coefficient (Wildman–Crippen LogP) is 2.91. The Labute approximate surface area is 101 Å². The Bertz CT molecular complexity index is 385. The van der Waals surface area contributed by atoms with Crippen LogP contribution < -0.4 is 0 Å². The van der Waals surface area contributed by atoms with E-state index in [9.17, 15) is 9.50 Å². The molecule has 1 aliphatic carbocycles. The lowest BCUT2D eigenvalue weighted by molar-refractivity contribution is -0.122. The molecule has 0 aliphatic heterocycles. The molecule has 94 valence electrons. The second-order valence-electron chi connectivity index (χ2n) is 4.91. The summed E-state index contributed by atoms with van der Waals surface area (Å²) < 4.78 is 18.8. The van der Waals surface area contributed by atoms with Gasteiger partial charge in [-0.3, -0.25) is 0 Å².